The minimum absolute atomic E-state index is 0.512. The summed E-state index contributed by atoms with van der Waals surface area (Å²) in [5.41, 5.74) is 0.512. The third-order valence-corrected chi connectivity index (χ3v) is 5.48. The van der Waals surface area contributed by atoms with Crippen molar-refractivity contribution in [2.45, 2.75) is 43.3 Å². The molecule has 1 atom stereocenters. The normalized spacial score (nSPS) is 24.3. The van der Waals surface area contributed by atoms with Crippen LogP contribution < -0.4 is 0 Å². The Labute approximate surface area is 105 Å². The van der Waals surface area contributed by atoms with Gasteiger partial charge in [0.05, 0.1) is 0 Å². The van der Waals surface area contributed by atoms with Gasteiger partial charge in [-0.25, -0.2) is 0 Å². The van der Waals surface area contributed by atoms with Crippen molar-refractivity contribution in [2.24, 2.45) is 5.41 Å². The quantitative estimate of drug-likeness (QED) is 0.726. The van der Waals surface area contributed by atoms with Gasteiger partial charge in [0.2, 0.25) is 0 Å². The van der Waals surface area contributed by atoms with Crippen molar-refractivity contribution in [1.82, 2.24) is 0 Å². The lowest BCUT2D eigenvalue weighted by atomic mass is 9.92. The molecule has 0 nitrogen and oxygen atoms in total. The maximum Gasteiger partial charge on any atom is 0.0176 e. The second-order valence-corrected chi connectivity index (χ2v) is 7.13. The molecule has 0 saturated heterocycles. The fourth-order valence-electron chi connectivity index (χ4n) is 2.19. The summed E-state index contributed by atoms with van der Waals surface area (Å²) in [5.74, 6) is 0. The molecule has 0 heterocycles. The highest BCUT2D eigenvalue weighted by Crippen LogP contribution is 2.46. The molecule has 0 N–H and O–H groups in total. The fraction of sp³-hybridized carbons (Fsp3) is 0.538. The summed E-state index contributed by atoms with van der Waals surface area (Å²) in [6, 6.07) is 8.68. The molecule has 0 amide bonds. The van der Waals surface area contributed by atoms with Crippen LogP contribution in [0.1, 0.15) is 33.1 Å². The van der Waals surface area contributed by atoms with Gasteiger partial charge >= 0.3 is 0 Å². The van der Waals surface area contributed by atoms with Crippen LogP contribution in [0.2, 0.25) is 0 Å². The van der Waals surface area contributed by atoms with E-state index in [2.05, 4.69) is 54.0 Å². The van der Waals surface area contributed by atoms with E-state index >= 15 is 0 Å². The first kappa shape index (κ1) is 11.5. The molecule has 0 radical (unpaired) electrons. The molecule has 1 aliphatic carbocycles. The average molecular weight is 285 g/mol. The molecule has 1 aliphatic rings. The van der Waals surface area contributed by atoms with E-state index in [1.807, 2.05) is 11.8 Å². The van der Waals surface area contributed by atoms with Crippen molar-refractivity contribution in [3.8, 4) is 0 Å². The number of hydrogen-bond donors (Lipinski definition) is 0. The van der Waals surface area contributed by atoms with Crippen molar-refractivity contribution < 1.29 is 0 Å². The molecule has 82 valence electrons. The van der Waals surface area contributed by atoms with Gasteiger partial charge in [-0.1, -0.05) is 36.2 Å². The third-order valence-electron chi connectivity index (χ3n) is 3.25. The summed E-state index contributed by atoms with van der Waals surface area (Å²) in [7, 11) is 0. The van der Waals surface area contributed by atoms with Crippen LogP contribution in [0.3, 0.4) is 0 Å². The molecule has 1 saturated carbocycles. The van der Waals surface area contributed by atoms with E-state index in [0.717, 1.165) is 9.72 Å². The molecule has 1 unspecified atom stereocenters. The van der Waals surface area contributed by atoms with Crippen LogP contribution in [0, 0.1) is 5.41 Å². The first-order valence-electron chi connectivity index (χ1n) is 5.50. The van der Waals surface area contributed by atoms with Gasteiger partial charge in [-0.15, -0.1) is 11.8 Å². The van der Waals surface area contributed by atoms with E-state index in [1.165, 1.54) is 24.2 Å². The lowest BCUT2D eigenvalue weighted by Gasteiger charge is -2.26. The van der Waals surface area contributed by atoms with Gasteiger partial charge < -0.3 is 0 Å². The SMILES string of the molecule is CC1(C)CCCC1Sc1ccc(Br)cc1. The van der Waals surface area contributed by atoms with Crippen LogP contribution in [0.25, 0.3) is 0 Å². The largest absolute Gasteiger partial charge is 0.122 e. The van der Waals surface area contributed by atoms with E-state index in [4.69, 9.17) is 0 Å². The first-order chi connectivity index (χ1) is 7.08. The fourth-order valence-corrected chi connectivity index (χ4v) is 3.80. The predicted molar refractivity (Wildman–Crippen MR) is 71.4 cm³/mol. The Morgan fingerprint density at radius 3 is 2.47 bits per heavy atom. The Balaban J connectivity index is 2.06. The molecule has 1 fully saturated rings. The van der Waals surface area contributed by atoms with Crippen LogP contribution in [0.15, 0.2) is 33.6 Å². The molecule has 2 heteroatoms. The Bertz CT molecular complexity index is 329. The van der Waals surface area contributed by atoms with Crippen molar-refractivity contribution in [1.29, 1.82) is 0 Å². The van der Waals surface area contributed by atoms with Gasteiger partial charge in [0.1, 0.15) is 0 Å². The smallest absolute Gasteiger partial charge is 0.0176 e. The van der Waals surface area contributed by atoms with Gasteiger partial charge in [0, 0.05) is 14.6 Å². The molecule has 2 rings (SSSR count). The molecule has 15 heavy (non-hydrogen) atoms. The zero-order valence-electron chi connectivity index (χ0n) is 9.29. The molecule has 0 aliphatic heterocycles. The number of rotatable bonds is 2. The standard InChI is InChI=1S/C13H17BrS/c1-13(2)9-3-4-12(13)15-11-7-5-10(14)6-8-11/h5-8,12H,3-4,9H2,1-2H3. The van der Waals surface area contributed by atoms with Crippen LogP contribution in [0.5, 0.6) is 0 Å². The van der Waals surface area contributed by atoms with Crippen LogP contribution >= 0.6 is 27.7 Å². The highest BCUT2D eigenvalue weighted by Gasteiger charge is 2.34. The van der Waals surface area contributed by atoms with E-state index in [-0.39, 0.29) is 0 Å². The first-order valence-corrected chi connectivity index (χ1v) is 7.17. The summed E-state index contributed by atoms with van der Waals surface area (Å²) in [5, 5.41) is 0.790. The van der Waals surface area contributed by atoms with Crippen LogP contribution in [0.4, 0.5) is 0 Å². The maximum atomic E-state index is 3.47. The Hall–Kier alpha value is 0.0500. The van der Waals surface area contributed by atoms with Crippen molar-refractivity contribution in [3.63, 3.8) is 0 Å². The molecular formula is C13H17BrS. The summed E-state index contributed by atoms with van der Waals surface area (Å²) >= 11 is 5.52. The molecule has 0 spiro atoms. The molecular weight excluding hydrogens is 268 g/mol. The van der Waals surface area contributed by atoms with E-state index < -0.39 is 0 Å². The number of benzene rings is 1. The topological polar surface area (TPSA) is 0 Å². The van der Waals surface area contributed by atoms with Gasteiger partial charge in [0.25, 0.3) is 0 Å². The van der Waals surface area contributed by atoms with Crippen molar-refractivity contribution in [2.75, 3.05) is 0 Å². The Kier molecular flexibility index (Phi) is 3.46. The summed E-state index contributed by atoms with van der Waals surface area (Å²) in [6.07, 6.45) is 4.14. The summed E-state index contributed by atoms with van der Waals surface area (Å²) < 4.78 is 1.16. The lowest BCUT2D eigenvalue weighted by Crippen LogP contribution is -2.19. The second-order valence-electron chi connectivity index (χ2n) is 4.94. The third kappa shape index (κ3) is 2.79. The maximum absolute atomic E-state index is 3.47. The van der Waals surface area contributed by atoms with Gasteiger partial charge in [-0.2, -0.15) is 0 Å². The highest BCUT2D eigenvalue weighted by molar-refractivity contribution is 9.10. The number of hydrogen-bond acceptors (Lipinski definition) is 1. The lowest BCUT2D eigenvalue weighted by molar-refractivity contribution is 0.393. The molecule has 1 aromatic rings. The summed E-state index contributed by atoms with van der Waals surface area (Å²) in [4.78, 5) is 1.40. The minimum atomic E-state index is 0.512. The zero-order chi connectivity index (χ0) is 10.9. The molecule has 1 aromatic carbocycles. The number of thioether (sulfide) groups is 1. The molecule has 0 bridgehead atoms. The molecule has 0 aromatic heterocycles. The Morgan fingerprint density at radius 1 is 1.27 bits per heavy atom. The van der Waals surface area contributed by atoms with Gasteiger partial charge in [-0.3, -0.25) is 0 Å². The van der Waals surface area contributed by atoms with E-state index in [9.17, 15) is 0 Å². The van der Waals surface area contributed by atoms with Crippen LogP contribution in [-0.2, 0) is 0 Å². The zero-order valence-corrected chi connectivity index (χ0v) is 11.7. The van der Waals surface area contributed by atoms with E-state index in [1.54, 1.807) is 0 Å². The number of halogens is 1. The van der Waals surface area contributed by atoms with Gasteiger partial charge in [-0.05, 0) is 42.5 Å². The highest BCUT2D eigenvalue weighted by atomic mass is 79.9. The second kappa shape index (κ2) is 4.50. The Morgan fingerprint density at radius 2 is 1.93 bits per heavy atom. The summed E-state index contributed by atoms with van der Waals surface area (Å²) in [6.45, 7) is 4.80. The average Bonchev–Trinajstić information content (AvgIpc) is 2.50. The monoisotopic (exact) mass is 284 g/mol. The minimum Gasteiger partial charge on any atom is -0.122 e. The van der Waals surface area contributed by atoms with Gasteiger partial charge in [0.15, 0.2) is 0 Å². The van der Waals surface area contributed by atoms with Crippen LogP contribution in [-0.4, -0.2) is 5.25 Å². The predicted octanol–water partition coefficient (Wildman–Crippen LogP) is 5.12. The van der Waals surface area contributed by atoms with E-state index in [0.29, 0.717) is 5.41 Å². The van der Waals surface area contributed by atoms with Crippen molar-refractivity contribution >= 4 is 27.7 Å². The van der Waals surface area contributed by atoms with Crippen molar-refractivity contribution in [3.05, 3.63) is 28.7 Å².